The van der Waals surface area contributed by atoms with Gasteiger partial charge in [0.25, 0.3) is 0 Å². The Morgan fingerprint density at radius 2 is 1.88 bits per heavy atom. The van der Waals surface area contributed by atoms with Crippen molar-refractivity contribution in [1.29, 1.82) is 0 Å². The third kappa shape index (κ3) is 3.86. The first-order valence-electron chi connectivity index (χ1n) is 6.77. The standard InChI is InChI=1S/C14H26N2O/c1-4-9-16(10-5-2)14(12(15)6-3)13-8-7-11-17-13/h7-8,11-12,14H,4-6,9-10,15H2,1-3H3. The van der Waals surface area contributed by atoms with E-state index in [9.17, 15) is 0 Å². The molecule has 1 aromatic rings. The van der Waals surface area contributed by atoms with Crippen molar-refractivity contribution in [1.82, 2.24) is 4.90 Å². The summed E-state index contributed by atoms with van der Waals surface area (Å²) in [6.45, 7) is 8.70. The first kappa shape index (κ1) is 14.3. The largest absolute Gasteiger partial charge is 0.468 e. The Morgan fingerprint density at radius 1 is 1.24 bits per heavy atom. The summed E-state index contributed by atoms with van der Waals surface area (Å²) in [7, 11) is 0. The van der Waals surface area contributed by atoms with Crippen LogP contribution in [-0.4, -0.2) is 24.0 Å². The fraction of sp³-hybridized carbons (Fsp3) is 0.714. The van der Waals surface area contributed by atoms with E-state index >= 15 is 0 Å². The number of hydrogen-bond acceptors (Lipinski definition) is 3. The molecule has 0 saturated carbocycles. The molecule has 3 nitrogen and oxygen atoms in total. The molecule has 1 rings (SSSR count). The Balaban J connectivity index is 2.86. The predicted octanol–water partition coefficient (Wildman–Crippen LogP) is 3.18. The zero-order valence-corrected chi connectivity index (χ0v) is 11.4. The highest BCUT2D eigenvalue weighted by Crippen LogP contribution is 2.26. The fourth-order valence-electron chi connectivity index (χ4n) is 2.31. The molecule has 2 unspecified atom stereocenters. The van der Waals surface area contributed by atoms with Crippen LogP contribution in [0.25, 0.3) is 0 Å². The van der Waals surface area contributed by atoms with Gasteiger partial charge in [-0.05, 0) is 44.5 Å². The SMILES string of the molecule is CCCN(CCC)C(c1ccco1)C(N)CC. The third-order valence-electron chi connectivity index (χ3n) is 3.13. The lowest BCUT2D eigenvalue weighted by Crippen LogP contribution is -2.41. The molecule has 0 radical (unpaired) electrons. The summed E-state index contributed by atoms with van der Waals surface area (Å²) in [5, 5.41) is 0. The average Bonchev–Trinajstić information content (AvgIpc) is 2.83. The number of nitrogens with zero attached hydrogens (tertiary/aromatic N) is 1. The highest BCUT2D eigenvalue weighted by atomic mass is 16.3. The molecule has 0 aromatic carbocycles. The van der Waals surface area contributed by atoms with Crippen LogP contribution in [0.2, 0.25) is 0 Å². The van der Waals surface area contributed by atoms with Gasteiger partial charge in [0.2, 0.25) is 0 Å². The van der Waals surface area contributed by atoms with Crippen LogP contribution in [0.3, 0.4) is 0 Å². The van der Waals surface area contributed by atoms with Crippen LogP contribution >= 0.6 is 0 Å². The van der Waals surface area contributed by atoms with E-state index in [1.54, 1.807) is 6.26 Å². The first-order valence-corrected chi connectivity index (χ1v) is 6.77. The fourth-order valence-corrected chi connectivity index (χ4v) is 2.31. The van der Waals surface area contributed by atoms with Crippen molar-refractivity contribution in [3.05, 3.63) is 24.2 Å². The minimum absolute atomic E-state index is 0.138. The average molecular weight is 238 g/mol. The molecule has 0 aliphatic rings. The molecule has 0 bridgehead atoms. The van der Waals surface area contributed by atoms with Crippen molar-refractivity contribution in [2.75, 3.05) is 13.1 Å². The van der Waals surface area contributed by atoms with Crippen molar-refractivity contribution in [3.63, 3.8) is 0 Å². The number of hydrogen-bond donors (Lipinski definition) is 1. The molecule has 0 aliphatic carbocycles. The predicted molar refractivity (Wildman–Crippen MR) is 71.9 cm³/mol. The third-order valence-corrected chi connectivity index (χ3v) is 3.13. The van der Waals surface area contributed by atoms with Gasteiger partial charge in [0.1, 0.15) is 5.76 Å². The maximum atomic E-state index is 6.27. The van der Waals surface area contributed by atoms with Crippen molar-refractivity contribution in [2.45, 2.75) is 52.1 Å². The lowest BCUT2D eigenvalue weighted by atomic mass is 10.0. The number of furan rings is 1. The Bertz CT molecular complexity index is 278. The van der Waals surface area contributed by atoms with Crippen LogP contribution in [-0.2, 0) is 0 Å². The zero-order chi connectivity index (χ0) is 12.7. The van der Waals surface area contributed by atoms with Gasteiger partial charge in [0.15, 0.2) is 0 Å². The van der Waals surface area contributed by atoms with Gasteiger partial charge in [-0.15, -0.1) is 0 Å². The van der Waals surface area contributed by atoms with E-state index in [4.69, 9.17) is 10.2 Å². The van der Waals surface area contributed by atoms with Gasteiger partial charge in [-0.1, -0.05) is 20.8 Å². The van der Waals surface area contributed by atoms with Gasteiger partial charge in [-0.3, -0.25) is 4.90 Å². The molecule has 17 heavy (non-hydrogen) atoms. The van der Waals surface area contributed by atoms with Gasteiger partial charge in [-0.2, -0.15) is 0 Å². The van der Waals surface area contributed by atoms with Gasteiger partial charge < -0.3 is 10.2 Å². The van der Waals surface area contributed by atoms with Crippen LogP contribution in [0.4, 0.5) is 0 Å². The van der Waals surface area contributed by atoms with Crippen LogP contribution < -0.4 is 5.73 Å². The summed E-state index contributed by atoms with van der Waals surface area (Å²) in [6, 6.07) is 4.34. The Labute approximate surface area is 105 Å². The molecule has 1 aromatic heterocycles. The van der Waals surface area contributed by atoms with Gasteiger partial charge in [-0.25, -0.2) is 0 Å². The van der Waals surface area contributed by atoms with Gasteiger partial charge in [0.05, 0.1) is 12.3 Å². The molecule has 0 aliphatic heterocycles. The molecule has 0 spiro atoms. The second-order valence-corrected chi connectivity index (χ2v) is 4.57. The minimum Gasteiger partial charge on any atom is -0.468 e. The summed E-state index contributed by atoms with van der Waals surface area (Å²) in [6.07, 6.45) is 5.00. The molecule has 0 fully saturated rings. The molecule has 0 saturated heterocycles. The monoisotopic (exact) mass is 238 g/mol. The summed E-state index contributed by atoms with van der Waals surface area (Å²) < 4.78 is 5.57. The van der Waals surface area contributed by atoms with E-state index in [2.05, 4.69) is 25.7 Å². The second kappa shape index (κ2) is 7.51. The summed E-state index contributed by atoms with van der Waals surface area (Å²) >= 11 is 0. The first-order chi connectivity index (χ1) is 8.24. The Morgan fingerprint density at radius 3 is 2.29 bits per heavy atom. The van der Waals surface area contributed by atoms with E-state index < -0.39 is 0 Å². The molecule has 2 N–H and O–H groups in total. The Kier molecular flexibility index (Phi) is 6.30. The number of rotatable bonds is 8. The maximum Gasteiger partial charge on any atom is 0.122 e. The molecule has 0 amide bonds. The van der Waals surface area contributed by atoms with E-state index in [1.807, 2.05) is 12.1 Å². The summed E-state index contributed by atoms with van der Waals surface area (Å²) in [4.78, 5) is 2.45. The zero-order valence-electron chi connectivity index (χ0n) is 11.4. The van der Waals surface area contributed by atoms with Crippen molar-refractivity contribution in [3.8, 4) is 0 Å². The summed E-state index contributed by atoms with van der Waals surface area (Å²) in [5.41, 5.74) is 6.27. The molecule has 98 valence electrons. The lowest BCUT2D eigenvalue weighted by Gasteiger charge is -2.33. The number of nitrogens with two attached hydrogens (primary N) is 1. The van der Waals surface area contributed by atoms with Crippen LogP contribution in [0, 0.1) is 0 Å². The molecular weight excluding hydrogens is 212 g/mol. The van der Waals surface area contributed by atoms with Crippen molar-refractivity contribution in [2.24, 2.45) is 5.73 Å². The Hall–Kier alpha value is -0.800. The lowest BCUT2D eigenvalue weighted by molar-refractivity contribution is 0.148. The van der Waals surface area contributed by atoms with Gasteiger partial charge >= 0.3 is 0 Å². The highest BCUT2D eigenvalue weighted by Gasteiger charge is 2.26. The maximum absolute atomic E-state index is 6.27. The molecule has 3 heteroatoms. The quantitative estimate of drug-likeness (QED) is 0.756. The van der Waals surface area contributed by atoms with Crippen molar-refractivity contribution >= 4 is 0 Å². The second-order valence-electron chi connectivity index (χ2n) is 4.57. The van der Waals surface area contributed by atoms with Crippen LogP contribution in [0.5, 0.6) is 0 Å². The molecule has 2 atom stereocenters. The van der Waals surface area contributed by atoms with Gasteiger partial charge in [0, 0.05) is 6.04 Å². The molecule has 1 heterocycles. The van der Waals surface area contributed by atoms with Crippen molar-refractivity contribution < 1.29 is 4.42 Å². The van der Waals surface area contributed by atoms with Crippen LogP contribution in [0.15, 0.2) is 22.8 Å². The van der Waals surface area contributed by atoms with E-state index in [1.165, 1.54) is 0 Å². The van der Waals surface area contributed by atoms with Crippen LogP contribution in [0.1, 0.15) is 51.8 Å². The van der Waals surface area contributed by atoms with E-state index in [0.29, 0.717) is 0 Å². The molecular formula is C14H26N2O. The summed E-state index contributed by atoms with van der Waals surface area (Å²) in [5.74, 6) is 1.00. The minimum atomic E-state index is 0.138. The van der Waals surface area contributed by atoms with E-state index in [0.717, 1.165) is 38.1 Å². The van der Waals surface area contributed by atoms with E-state index in [-0.39, 0.29) is 12.1 Å². The smallest absolute Gasteiger partial charge is 0.122 e. The topological polar surface area (TPSA) is 42.4 Å². The normalized spacial score (nSPS) is 15.1. The highest BCUT2D eigenvalue weighted by molar-refractivity contribution is 5.07.